The molecule has 2 fully saturated rings. The predicted molar refractivity (Wildman–Crippen MR) is 165 cm³/mol. The van der Waals surface area contributed by atoms with E-state index in [0.29, 0.717) is 23.5 Å². The Bertz CT molecular complexity index is 1270. The van der Waals surface area contributed by atoms with E-state index >= 15 is 0 Å². The Morgan fingerprint density at radius 1 is 0.732 bits per heavy atom. The number of hydrogen-bond donors (Lipinski definition) is 0. The minimum absolute atomic E-state index is 0.0540. The molecular weight excluding hydrogens is 512 g/mol. The van der Waals surface area contributed by atoms with E-state index in [1.807, 2.05) is 66.7 Å². The molecule has 0 atom stereocenters. The number of rotatable bonds is 11. The highest BCUT2D eigenvalue weighted by molar-refractivity contribution is 6.32. The third-order valence-electron chi connectivity index (χ3n) is 8.36. The van der Waals surface area contributed by atoms with Crippen LogP contribution in [0, 0.1) is 0 Å². The highest BCUT2D eigenvalue weighted by Crippen LogP contribution is 2.27. The molecule has 41 heavy (non-hydrogen) atoms. The van der Waals surface area contributed by atoms with Gasteiger partial charge in [0.1, 0.15) is 23.9 Å². The summed E-state index contributed by atoms with van der Waals surface area (Å²) in [6.07, 6.45) is 8.90. The first-order chi connectivity index (χ1) is 20.1. The number of ketones is 1. The van der Waals surface area contributed by atoms with Crippen LogP contribution in [0.3, 0.4) is 0 Å². The first kappa shape index (κ1) is 28.9. The van der Waals surface area contributed by atoms with E-state index in [4.69, 9.17) is 14.2 Å². The van der Waals surface area contributed by atoms with Crippen molar-refractivity contribution in [2.24, 2.45) is 0 Å². The maximum Gasteiger partial charge on any atom is 0.193 e. The first-order valence-corrected chi connectivity index (χ1v) is 14.9. The Morgan fingerprint density at radius 2 is 1.29 bits per heavy atom. The number of benzene rings is 3. The summed E-state index contributed by atoms with van der Waals surface area (Å²) in [5.41, 5.74) is 2.98. The summed E-state index contributed by atoms with van der Waals surface area (Å²) >= 11 is 0. The molecule has 1 aliphatic carbocycles. The van der Waals surface area contributed by atoms with E-state index < -0.39 is 0 Å². The third-order valence-corrected chi connectivity index (χ3v) is 8.36. The van der Waals surface area contributed by atoms with Crippen molar-refractivity contribution in [3.05, 3.63) is 89.5 Å². The first-order valence-electron chi connectivity index (χ1n) is 14.9. The predicted octanol–water partition coefficient (Wildman–Crippen LogP) is 6.46. The highest BCUT2D eigenvalue weighted by Gasteiger charge is 2.25. The molecule has 3 aromatic carbocycles. The Kier molecular flexibility index (Phi) is 10.1. The minimum Gasteiger partial charge on any atom is -0.497 e. The standard InChI is InChI=1S/C35H42N2O4/c1-39-31-16-10-28(11-17-31)34(35(38)29-12-18-32(40-2)19-13-29)26-27-8-14-33(15-9-27)41-25-24-36-20-22-37(23-21-36)30-6-4-3-5-7-30/h8-19,26,30H,3-7,20-25H2,1-2H3. The van der Waals surface area contributed by atoms with Crippen molar-refractivity contribution < 1.29 is 19.0 Å². The van der Waals surface area contributed by atoms with Gasteiger partial charge in [-0.1, -0.05) is 43.5 Å². The van der Waals surface area contributed by atoms with Gasteiger partial charge in [-0.3, -0.25) is 14.6 Å². The zero-order chi connectivity index (χ0) is 28.4. The Balaban J connectivity index is 1.20. The Hall–Kier alpha value is -3.61. The monoisotopic (exact) mass is 554 g/mol. The van der Waals surface area contributed by atoms with Crippen LogP contribution in [0.25, 0.3) is 11.6 Å². The van der Waals surface area contributed by atoms with Gasteiger partial charge in [0.25, 0.3) is 0 Å². The number of Topliss-reactive ketones (excluding diaryl/α,β-unsaturated/α-hetero) is 1. The lowest BCUT2D eigenvalue weighted by molar-refractivity contribution is 0.0718. The molecule has 0 spiro atoms. The number of nitrogens with zero attached hydrogens (tertiary/aromatic N) is 2. The van der Waals surface area contributed by atoms with Crippen molar-refractivity contribution in [2.45, 2.75) is 38.1 Å². The molecule has 6 nitrogen and oxygen atoms in total. The minimum atomic E-state index is -0.0540. The van der Waals surface area contributed by atoms with Gasteiger partial charge in [-0.15, -0.1) is 0 Å². The highest BCUT2D eigenvalue weighted by atomic mass is 16.5. The molecule has 5 rings (SSSR count). The summed E-state index contributed by atoms with van der Waals surface area (Å²) in [6.45, 7) is 6.22. The Labute approximate surface area is 244 Å². The van der Waals surface area contributed by atoms with Crippen LogP contribution in [0.2, 0.25) is 0 Å². The van der Waals surface area contributed by atoms with Crippen molar-refractivity contribution >= 4 is 17.4 Å². The van der Waals surface area contributed by atoms with E-state index in [0.717, 1.165) is 48.3 Å². The molecule has 216 valence electrons. The summed E-state index contributed by atoms with van der Waals surface area (Å²) in [7, 11) is 3.25. The van der Waals surface area contributed by atoms with Gasteiger partial charge in [-0.2, -0.15) is 0 Å². The summed E-state index contributed by atoms with van der Waals surface area (Å²) in [4.78, 5) is 18.8. The fourth-order valence-electron chi connectivity index (χ4n) is 5.87. The molecule has 1 heterocycles. The molecule has 0 amide bonds. The second-order valence-corrected chi connectivity index (χ2v) is 10.9. The quantitative estimate of drug-likeness (QED) is 0.154. The summed E-state index contributed by atoms with van der Waals surface area (Å²) in [6, 6.07) is 23.6. The van der Waals surface area contributed by atoms with Crippen molar-refractivity contribution in [2.75, 3.05) is 53.6 Å². The smallest absolute Gasteiger partial charge is 0.193 e. The molecule has 0 unspecified atom stereocenters. The van der Waals surface area contributed by atoms with Gasteiger partial charge in [-0.25, -0.2) is 0 Å². The largest absolute Gasteiger partial charge is 0.497 e. The molecule has 2 aliphatic rings. The van der Waals surface area contributed by atoms with Crippen molar-refractivity contribution in [1.29, 1.82) is 0 Å². The van der Waals surface area contributed by atoms with Crippen molar-refractivity contribution in [1.82, 2.24) is 9.80 Å². The Morgan fingerprint density at radius 3 is 1.88 bits per heavy atom. The second-order valence-electron chi connectivity index (χ2n) is 10.9. The summed E-state index contributed by atoms with van der Waals surface area (Å²) in [5.74, 6) is 2.25. The normalized spacial score (nSPS) is 17.3. The molecule has 0 radical (unpaired) electrons. The maximum atomic E-state index is 13.6. The lowest BCUT2D eigenvalue weighted by Crippen LogP contribution is -2.51. The van der Waals surface area contributed by atoms with Crippen molar-refractivity contribution in [3.63, 3.8) is 0 Å². The average molecular weight is 555 g/mol. The SMILES string of the molecule is COc1ccc(C(=O)C(=Cc2ccc(OCCN3CCN(C4CCCCC4)CC3)cc2)c2ccc(OC)cc2)cc1. The molecule has 0 aromatic heterocycles. The van der Waals surface area contributed by atoms with Crippen LogP contribution in [-0.2, 0) is 0 Å². The third kappa shape index (κ3) is 7.78. The maximum absolute atomic E-state index is 13.6. The van der Waals surface area contributed by atoms with E-state index in [1.54, 1.807) is 26.4 Å². The van der Waals surface area contributed by atoms with Gasteiger partial charge in [0.2, 0.25) is 0 Å². The summed E-state index contributed by atoms with van der Waals surface area (Å²) in [5, 5.41) is 0. The molecule has 0 N–H and O–H groups in total. The van der Waals surface area contributed by atoms with Crippen LogP contribution in [-0.4, -0.2) is 75.2 Å². The van der Waals surface area contributed by atoms with Crippen LogP contribution in [0.15, 0.2) is 72.8 Å². The average Bonchev–Trinajstić information content (AvgIpc) is 3.05. The number of carbonyl (C=O) groups excluding carboxylic acids is 1. The molecule has 0 bridgehead atoms. The zero-order valence-corrected chi connectivity index (χ0v) is 24.4. The van der Waals surface area contributed by atoms with Crippen molar-refractivity contribution in [3.8, 4) is 17.2 Å². The molecule has 3 aromatic rings. The number of ether oxygens (including phenoxy) is 3. The number of hydrogen-bond acceptors (Lipinski definition) is 6. The van der Waals surface area contributed by atoms with Crippen LogP contribution in [0.5, 0.6) is 17.2 Å². The van der Waals surface area contributed by atoms with Gasteiger partial charge < -0.3 is 14.2 Å². The van der Waals surface area contributed by atoms with Crippen LogP contribution in [0.4, 0.5) is 0 Å². The number of carbonyl (C=O) groups is 1. The van der Waals surface area contributed by atoms with Gasteiger partial charge in [0, 0.05) is 49.9 Å². The molecule has 1 saturated carbocycles. The van der Waals surface area contributed by atoms with Gasteiger partial charge >= 0.3 is 0 Å². The topological polar surface area (TPSA) is 51.2 Å². The van der Waals surface area contributed by atoms with Crippen LogP contribution in [0.1, 0.15) is 53.6 Å². The fraction of sp³-hybridized carbons (Fsp3) is 0.400. The number of piperazine rings is 1. The van der Waals surface area contributed by atoms with E-state index in [2.05, 4.69) is 9.80 Å². The molecular formula is C35H42N2O4. The van der Waals surface area contributed by atoms with Gasteiger partial charge in [0.05, 0.1) is 14.2 Å². The van der Waals surface area contributed by atoms with E-state index in [-0.39, 0.29) is 5.78 Å². The lowest BCUT2D eigenvalue weighted by Gasteiger charge is -2.40. The van der Waals surface area contributed by atoms with Crippen LogP contribution < -0.4 is 14.2 Å². The van der Waals surface area contributed by atoms with Crippen LogP contribution >= 0.6 is 0 Å². The second kappa shape index (κ2) is 14.3. The van der Waals surface area contributed by atoms with Gasteiger partial charge in [-0.05, 0) is 78.6 Å². The molecule has 1 saturated heterocycles. The molecule has 6 heteroatoms. The zero-order valence-electron chi connectivity index (χ0n) is 24.4. The molecule has 1 aliphatic heterocycles. The summed E-state index contributed by atoms with van der Waals surface area (Å²) < 4.78 is 16.7. The fourth-order valence-corrected chi connectivity index (χ4v) is 5.87. The number of methoxy groups -OCH3 is 2. The van der Waals surface area contributed by atoms with Gasteiger partial charge in [0.15, 0.2) is 5.78 Å². The lowest BCUT2D eigenvalue weighted by atomic mass is 9.94. The van der Waals surface area contributed by atoms with E-state index in [1.165, 1.54) is 45.2 Å². The van der Waals surface area contributed by atoms with E-state index in [9.17, 15) is 4.79 Å². The number of allylic oxidation sites excluding steroid dienone is 1.